The molecule has 0 fully saturated rings. The lowest BCUT2D eigenvalue weighted by Crippen LogP contribution is -2.45. The number of carbonyl (C=O) groups excluding carboxylic acids is 2. The summed E-state index contributed by atoms with van der Waals surface area (Å²) in [5.41, 5.74) is -0.484. The third-order valence-electron chi connectivity index (χ3n) is 1.70. The zero-order chi connectivity index (χ0) is 12.6. The molecule has 0 aliphatic carbocycles. The highest BCUT2D eigenvalue weighted by atomic mass is 16.5. The minimum absolute atomic E-state index is 0.0198. The van der Waals surface area contributed by atoms with E-state index in [1.807, 2.05) is 0 Å². The van der Waals surface area contributed by atoms with E-state index in [9.17, 15) is 9.59 Å². The number of hydrogen-bond donors (Lipinski definition) is 3. The molecule has 16 heavy (non-hydrogen) atoms. The Morgan fingerprint density at radius 3 is 2.38 bits per heavy atom. The summed E-state index contributed by atoms with van der Waals surface area (Å²) in [4.78, 5) is 22.4. The summed E-state index contributed by atoms with van der Waals surface area (Å²) in [7, 11) is 0.583. The van der Waals surface area contributed by atoms with Gasteiger partial charge in [0.1, 0.15) is 7.06 Å². The fourth-order valence-electron chi connectivity index (χ4n) is 0.742. The molecule has 0 saturated heterocycles. The highest BCUT2D eigenvalue weighted by Gasteiger charge is 2.20. The van der Waals surface area contributed by atoms with Crippen LogP contribution in [0.1, 0.15) is 20.8 Å². The fourth-order valence-corrected chi connectivity index (χ4v) is 0.742. The van der Waals surface area contributed by atoms with Crippen LogP contribution in [0.5, 0.6) is 0 Å². The molecule has 0 bridgehead atoms. The van der Waals surface area contributed by atoms with E-state index in [0.717, 1.165) is 0 Å². The van der Waals surface area contributed by atoms with Gasteiger partial charge in [0.05, 0.1) is 0 Å². The van der Waals surface area contributed by atoms with Crippen molar-refractivity contribution < 1.29 is 19.3 Å². The molecule has 10 heteroatoms. The number of hydrogen-bond acceptors (Lipinski definition) is 4. The van der Waals surface area contributed by atoms with Crippen molar-refractivity contribution in [2.75, 3.05) is 0 Å². The van der Waals surface area contributed by atoms with E-state index in [-0.39, 0.29) is 28.2 Å². The van der Waals surface area contributed by atoms with Gasteiger partial charge in [-0.2, -0.15) is 0 Å². The van der Waals surface area contributed by atoms with Crippen LogP contribution in [0.3, 0.4) is 0 Å². The van der Waals surface area contributed by atoms with Gasteiger partial charge in [-0.25, -0.2) is 4.79 Å². The van der Waals surface area contributed by atoms with E-state index in [1.54, 1.807) is 20.8 Å². The van der Waals surface area contributed by atoms with Crippen LogP contribution in [0.25, 0.3) is 0 Å². The van der Waals surface area contributed by atoms with Gasteiger partial charge in [-0.3, -0.25) is 4.79 Å². The first-order valence-corrected chi connectivity index (χ1v) is 5.17. The van der Waals surface area contributed by atoms with Crippen molar-refractivity contribution in [3.63, 3.8) is 0 Å². The molecule has 0 aromatic carbocycles. The van der Waals surface area contributed by atoms with Crippen LogP contribution in [-0.4, -0.2) is 46.4 Å². The third-order valence-corrected chi connectivity index (χ3v) is 1.70. The lowest BCUT2D eigenvalue weighted by atomic mass is 9.32. The summed E-state index contributed by atoms with van der Waals surface area (Å²) in [5.74, 6) is -0.150. The summed E-state index contributed by atoms with van der Waals surface area (Å²) in [5, 5.41) is 13.4. The first-order valence-electron chi connectivity index (χ1n) is 5.17. The first-order chi connectivity index (χ1) is 7.38. The Labute approximate surface area is 97.9 Å². The van der Waals surface area contributed by atoms with Gasteiger partial charge in [0.25, 0.3) is 7.37 Å². The minimum Gasteiger partial charge on any atom is -0.534 e. The van der Waals surface area contributed by atoms with Crippen LogP contribution >= 0.6 is 0 Å². The number of amides is 2. The lowest BCUT2D eigenvalue weighted by molar-refractivity contribution is -0.126. The molecule has 0 aliphatic rings. The molecule has 0 saturated carbocycles. The van der Waals surface area contributed by atoms with Gasteiger partial charge in [-0.1, -0.05) is 20.8 Å². The van der Waals surface area contributed by atoms with E-state index in [4.69, 9.17) is 5.02 Å². The standard InChI is InChI=1S/C6H16B4N2O4/c1-6(2,3)4(13)11-10-12-5(14)16-9-7-8-15/h7-10,15H,1-3H3,(H,11,13)(H,12,14). The van der Waals surface area contributed by atoms with Crippen LogP contribution < -0.4 is 10.5 Å². The van der Waals surface area contributed by atoms with Gasteiger partial charge in [0.15, 0.2) is 0 Å². The zero-order valence-corrected chi connectivity index (χ0v) is 10.0. The van der Waals surface area contributed by atoms with Crippen molar-refractivity contribution in [3.8, 4) is 0 Å². The average Bonchev–Trinajstić information content (AvgIpc) is 2.16. The smallest absolute Gasteiger partial charge is 0.377 e. The maximum absolute atomic E-state index is 11.4. The van der Waals surface area contributed by atoms with Crippen molar-refractivity contribution in [2.24, 2.45) is 5.41 Å². The average molecular weight is 223 g/mol. The van der Waals surface area contributed by atoms with Crippen molar-refractivity contribution in [2.45, 2.75) is 20.8 Å². The quantitative estimate of drug-likeness (QED) is 0.345. The Morgan fingerprint density at radius 2 is 1.88 bits per heavy atom. The fraction of sp³-hybridized carbons (Fsp3) is 0.667. The predicted octanol–water partition coefficient (Wildman–Crippen LogP) is -2.90. The molecule has 0 aromatic heterocycles. The number of carbonyl (C=O) groups is 2. The molecule has 0 spiro atoms. The summed E-state index contributed by atoms with van der Waals surface area (Å²) in [6.07, 6.45) is -0.609. The SMILES string of the molecule is CC(C)(C)C(=O)NBNC(=O)OBBBO. The number of nitrogens with one attached hydrogen (secondary N) is 2. The van der Waals surface area contributed by atoms with Crippen molar-refractivity contribution >= 4 is 41.4 Å². The normalized spacial score (nSPS) is 9.75. The second-order valence-electron chi connectivity index (χ2n) is 4.32. The maximum atomic E-state index is 11.4. The molecule has 0 atom stereocenters. The van der Waals surface area contributed by atoms with Gasteiger partial charge >= 0.3 is 13.6 Å². The Balaban J connectivity index is 3.59. The van der Waals surface area contributed by atoms with Crippen LogP contribution in [-0.2, 0) is 9.45 Å². The van der Waals surface area contributed by atoms with E-state index >= 15 is 0 Å². The van der Waals surface area contributed by atoms with Gasteiger partial charge in [-0.05, 0) is 0 Å². The molecule has 3 N–H and O–H groups in total. The Hall–Kier alpha value is -1.04. The Morgan fingerprint density at radius 1 is 1.25 bits per heavy atom. The summed E-state index contributed by atoms with van der Waals surface area (Å²) in [6.45, 7) is 5.34. The molecule has 0 rings (SSSR count). The van der Waals surface area contributed by atoms with Crippen molar-refractivity contribution in [1.82, 2.24) is 10.5 Å². The summed E-state index contributed by atoms with van der Waals surface area (Å²) >= 11 is 0. The lowest BCUT2D eigenvalue weighted by Gasteiger charge is -2.17. The van der Waals surface area contributed by atoms with Crippen molar-refractivity contribution in [3.05, 3.63) is 0 Å². The molecule has 6 nitrogen and oxygen atoms in total. The largest absolute Gasteiger partial charge is 0.534 e. The molecule has 86 valence electrons. The van der Waals surface area contributed by atoms with E-state index in [0.29, 0.717) is 7.06 Å². The monoisotopic (exact) mass is 224 g/mol. The zero-order valence-electron chi connectivity index (χ0n) is 10.0. The van der Waals surface area contributed by atoms with Crippen LogP contribution in [0, 0.1) is 5.41 Å². The topological polar surface area (TPSA) is 87.7 Å². The molecule has 0 heterocycles. The molecule has 0 aromatic rings. The van der Waals surface area contributed by atoms with E-state index in [1.165, 1.54) is 0 Å². The van der Waals surface area contributed by atoms with Crippen LogP contribution in [0.15, 0.2) is 0 Å². The predicted molar refractivity (Wildman–Crippen MR) is 68.0 cm³/mol. The molecular weight excluding hydrogens is 207 g/mol. The second kappa shape index (κ2) is 7.27. The molecular formula is C6H16B4N2O4. The molecule has 2 amide bonds. The van der Waals surface area contributed by atoms with E-state index < -0.39 is 11.5 Å². The Kier molecular flexibility index (Phi) is 6.80. The van der Waals surface area contributed by atoms with Crippen LogP contribution in [0.2, 0.25) is 0 Å². The maximum Gasteiger partial charge on any atom is 0.377 e. The highest BCUT2D eigenvalue weighted by Crippen LogP contribution is 2.11. The van der Waals surface area contributed by atoms with Crippen LogP contribution in [0.4, 0.5) is 4.79 Å². The van der Waals surface area contributed by atoms with Gasteiger partial charge in [0.2, 0.25) is 13.3 Å². The van der Waals surface area contributed by atoms with Gasteiger partial charge in [-0.15, -0.1) is 0 Å². The summed E-state index contributed by atoms with van der Waals surface area (Å²) in [6, 6.07) is 0. The highest BCUT2D eigenvalue weighted by molar-refractivity contribution is 7.26. The van der Waals surface area contributed by atoms with Crippen molar-refractivity contribution in [1.29, 1.82) is 0 Å². The van der Waals surface area contributed by atoms with Gasteiger partial charge in [0, 0.05) is 5.41 Å². The minimum atomic E-state index is -0.609. The number of rotatable bonds is 5. The molecule has 0 aliphatic heterocycles. The molecule has 0 radical (unpaired) electrons. The Bertz CT molecular complexity index is 245. The summed E-state index contributed by atoms with van der Waals surface area (Å²) < 4.78 is 4.69. The van der Waals surface area contributed by atoms with E-state index in [2.05, 4.69) is 15.1 Å². The third kappa shape index (κ3) is 7.28. The second-order valence-corrected chi connectivity index (χ2v) is 4.32. The molecule has 0 unspecified atom stereocenters. The first kappa shape index (κ1) is 15.0. The van der Waals surface area contributed by atoms with Gasteiger partial charge < -0.3 is 20.1 Å².